The van der Waals surface area contributed by atoms with Crippen molar-refractivity contribution in [2.75, 3.05) is 19.6 Å². The zero-order valence-corrected chi connectivity index (χ0v) is 11.4. The molecule has 3 N–H and O–H groups in total. The van der Waals surface area contributed by atoms with Crippen molar-refractivity contribution in [3.63, 3.8) is 0 Å². The van der Waals surface area contributed by atoms with E-state index in [2.05, 4.69) is 5.32 Å². The molecule has 2 heterocycles. The van der Waals surface area contributed by atoms with Crippen molar-refractivity contribution in [1.82, 2.24) is 10.2 Å². The van der Waals surface area contributed by atoms with Crippen LogP contribution in [0.25, 0.3) is 0 Å². The third-order valence-corrected chi connectivity index (χ3v) is 3.80. The molecule has 0 aromatic carbocycles. The van der Waals surface area contributed by atoms with Crippen LogP contribution in [0.3, 0.4) is 0 Å². The summed E-state index contributed by atoms with van der Waals surface area (Å²) < 4.78 is 0. The maximum absolute atomic E-state index is 12.3. The molecule has 5 nitrogen and oxygen atoms in total. The van der Waals surface area contributed by atoms with Gasteiger partial charge in [0.1, 0.15) is 0 Å². The van der Waals surface area contributed by atoms with Gasteiger partial charge in [0.15, 0.2) is 0 Å². The second-order valence-electron chi connectivity index (χ2n) is 4.96. The monoisotopic (exact) mass is 275 g/mol. The van der Waals surface area contributed by atoms with Gasteiger partial charge in [0.25, 0.3) is 0 Å². The third kappa shape index (κ3) is 3.36. The molecule has 0 saturated carbocycles. The highest BCUT2D eigenvalue weighted by Gasteiger charge is 2.32. The van der Waals surface area contributed by atoms with Gasteiger partial charge in [-0.1, -0.05) is 0 Å². The summed E-state index contributed by atoms with van der Waals surface area (Å²) in [5, 5.41) is 2.77. The Morgan fingerprint density at radius 2 is 2.17 bits per heavy atom. The van der Waals surface area contributed by atoms with E-state index in [-0.39, 0.29) is 36.2 Å². The quantitative estimate of drug-likeness (QED) is 0.760. The van der Waals surface area contributed by atoms with Crippen molar-refractivity contribution in [2.45, 2.75) is 38.1 Å². The maximum atomic E-state index is 12.3. The number of nitrogens with zero attached hydrogens (tertiary/aromatic N) is 1. The summed E-state index contributed by atoms with van der Waals surface area (Å²) >= 11 is 0. The third-order valence-electron chi connectivity index (χ3n) is 3.80. The Hall–Kier alpha value is -0.810. The zero-order chi connectivity index (χ0) is 12.3. The molecule has 0 aliphatic carbocycles. The minimum atomic E-state index is -0.0418. The number of carbonyl (C=O) groups excluding carboxylic acids is 2. The number of nitrogens with one attached hydrogen (secondary N) is 1. The summed E-state index contributed by atoms with van der Waals surface area (Å²) in [6.45, 7) is 1.86. The number of hydrogen-bond acceptors (Lipinski definition) is 3. The number of carbonyl (C=O) groups is 2. The molecule has 2 amide bonds. The molecule has 2 saturated heterocycles. The van der Waals surface area contributed by atoms with E-state index in [4.69, 9.17) is 5.73 Å². The summed E-state index contributed by atoms with van der Waals surface area (Å²) in [5.41, 5.74) is 5.72. The van der Waals surface area contributed by atoms with Crippen LogP contribution in [0.4, 0.5) is 0 Å². The van der Waals surface area contributed by atoms with Crippen LogP contribution in [0.5, 0.6) is 0 Å². The highest BCUT2D eigenvalue weighted by Crippen LogP contribution is 2.21. The van der Waals surface area contributed by atoms with Crippen molar-refractivity contribution in [2.24, 2.45) is 11.7 Å². The topological polar surface area (TPSA) is 75.4 Å². The molecule has 2 aliphatic heterocycles. The number of nitrogens with two attached hydrogens (primary N) is 1. The molecular formula is C12H22ClN3O2. The lowest BCUT2D eigenvalue weighted by Gasteiger charge is -2.38. The molecule has 0 aromatic heterocycles. The average Bonchev–Trinajstić information content (AvgIpc) is 2.39. The fourth-order valence-corrected chi connectivity index (χ4v) is 2.71. The van der Waals surface area contributed by atoms with Crippen LogP contribution in [0.15, 0.2) is 0 Å². The largest absolute Gasteiger partial charge is 0.355 e. The summed E-state index contributed by atoms with van der Waals surface area (Å²) in [6.07, 6.45) is 4.39. The van der Waals surface area contributed by atoms with Crippen molar-refractivity contribution < 1.29 is 9.59 Å². The van der Waals surface area contributed by atoms with Crippen LogP contribution in [0.2, 0.25) is 0 Å². The molecule has 0 radical (unpaired) electrons. The van der Waals surface area contributed by atoms with Crippen LogP contribution >= 0.6 is 12.4 Å². The molecule has 2 unspecified atom stereocenters. The van der Waals surface area contributed by atoms with Gasteiger partial charge in [-0.2, -0.15) is 0 Å². The Bertz CT molecular complexity index is 302. The van der Waals surface area contributed by atoms with Gasteiger partial charge in [-0.05, 0) is 25.7 Å². The minimum Gasteiger partial charge on any atom is -0.355 e. The highest BCUT2D eigenvalue weighted by atomic mass is 35.5. The van der Waals surface area contributed by atoms with Crippen molar-refractivity contribution >= 4 is 24.2 Å². The first-order valence-corrected chi connectivity index (χ1v) is 6.49. The highest BCUT2D eigenvalue weighted by molar-refractivity contribution is 5.85. The second kappa shape index (κ2) is 6.95. The van der Waals surface area contributed by atoms with E-state index in [1.807, 2.05) is 4.90 Å². The Labute approximate surface area is 114 Å². The molecular weight excluding hydrogens is 254 g/mol. The molecule has 104 valence electrons. The molecule has 2 atom stereocenters. The number of hydrogen-bond donors (Lipinski definition) is 2. The molecule has 0 spiro atoms. The molecule has 2 fully saturated rings. The molecule has 2 rings (SSSR count). The van der Waals surface area contributed by atoms with Crippen LogP contribution in [-0.2, 0) is 9.59 Å². The van der Waals surface area contributed by atoms with E-state index in [0.29, 0.717) is 25.9 Å². The van der Waals surface area contributed by atoms with Gasteiger partial charge >= 0.3 is 0 Å². The molecule has 6 heteroatoms. The van der Waals surface area contributed by atoms with Gasteiger partial charge in [-0.3, -0.25) is 9.59 Å². The van der Waals surface area contributed by atoms with Gasteiger partial charge in [0, 0.05) is 32.1 Å². The molecule has 2 aliphatic rings. The van der Waals surface area contributed by atoms with Gasteiger partial charge in [-0.15, -0.1) is 12.4 Å². The predicted molar refractivity (Wildman–Crippen MR) is 71.4 cm³/mol. The molecule has 18 heavy (non-hydrogen) atoms. The first-order chi connectivity index (χ1) is 8.22. The van der Waals surface area contributed by atoms with E-state index in [1.165, 1.54) is 0 Å². The maximum Gasteiger partial charge on any atom is 0.227 e. The van der Waals surface area contributed by atoms with Crippen molar-refractivity contribution in [3.05, 3.63) is 0 Å². The predicted octanol–water partition coefficient (Wildman–Crippen LogP) is 0.274. The van der Waals surface area contributed by atoms with Gasteiger partial charge in [0.05, 0.1) is 5.92 Å². The van der Waals surface area contributed by atoms with Crippen LogP contribution in [0, 0.1) is 5.92 Å². The van der Waals surface area contributed by atoms with E-state index in [9.17, 15) is 9.59 Å². The van der Waals surface area contributed by atoms with Gasteiger partial charge < -0.3 is 16.0 Å². The number of halogens is 1. The Morgan fingerprint density at radius 3 is 2.78 bits per heavy atom. The fourth-order valence-electron chi connectivity index (χ4n) is 2.71. The average molecular weight is 276 g/mol. The summed E-state index contributed by atoms with van der Waals surface area (Å²) in [4.78, 5) is 25.4. The fraction of sp³-hybridized carbons (Fsp3) is 0.833. The first kappa shape index (κ1) is 15.2. The lowest BCUT2D eigenvalue weighted by atomic mass is 9.94. The van der Waals surface area contributed by atoms with Crippen molar-refractivity contribution in [3.8, 4) is 0 Å². The van der Waals surface area contributed by atoms with Crippen LogP contribution in [0.1, 0.15) is 32.1 Å². The number of amides is 2. The minimum absolute atomic E-state index is 0. The normalized spacial score (nSPS) is 28.3. The molecule has 0 bridgehead atoms. The summed E-state index contributed by atoms with van der Waals surface area (Å²) in [5.74, 6) is 0.197. The standard InChI is InChI=1S/C12H21N3O2.ClH/c13-7-10-3-1-2-6-15(10)12(17)9-4-5-11(16)14-8-9;/h9-10H,1-8,13H2,(H,14,16);1H. The molecule has 0 aromatic rings. The lowest BCUT2D eigenvalue weighted by molar-refractivity contribution is -0.140. The Morgan fingerprint density at radius 1 is 1.39 bits per heavy atom. The smallest absolute Gasteiger partial charge is 0.227 e. The SMILES string of the molecule is Cl.NCC1CCCCN1C(=O)C1CCC(=O)NC1. The number of rotatable bonds is 2. The number of likely N-dealkylation sites (tertiary alicyclic amines) is 1. The summed E-state index contributed by atoms with van der Waals surface area (Å²) in [6, 6.07) is 0.203. The van der Waals surface area contributed by atoms with E-state index >= 15 is 0 Å². The van der Waals surface area contributed by atoms with Gasteiger partial charge in [-0.25, -0.2) is 0 Å². The van der Waals surface area contributed by atoms with E-state index in [0.717, 1.165) is 25.8 Å². The first-order valence-electron chi connectivity index (χ1n) is 6.49. The van der Waals surface area contributed by atoms with E-state index < -0.39 is 0 Å². The van der Waals surface area contributed by atoms with Gasteiger partial charge in [0.2, 0.25) is 11.8 Å². The zero-order valence-electron chi connectivity index (χ0n) is 10.6. The number of piperidine rings is 2. The second-order valence-corrected chi connectivity index (χ2v) is 4.96. The van der Waals surface area contributed by atoms with E-state index in [1.54, 1.807) is 0 Å². The Balaban J connectivity index is 0.00000162. The summed E-state index contributed by atoms with van der Waals surface area (Å²) in [7, 11) is 0. The lowest BCUT2D eigenvalue weighted by Crippen LogP contribution is -2.52. The van der Waals surface area contributed by atoms with Crippen molar-refractivity contribution in [1.29, 1.82) is 0 Å². The van der Waals surface area contributed by atoms with Crippen LogP contribution in [-0.4, -0.2) is 42.4 Å². The Kier molecular flexibility index (Phi) is 5.88. The van der Waals surface area contributed by atoms with Crippen LogP contribution < -0.4 is 11.1 Å².